The van der Waals surface area contributed by atoms with Crippen molar-refractivity contribution < 1.29 is 29.1 Å². The Morgan fingerprint density at radius 3 is 2.54 bits per heavy atom. The summed E-state index contributed by atoms with van der Waals surface area (Å²) in [7, 11) is 0. The molecule has 0 aliphatic heterocycles. The normalized spacial score (nSPS) is 11.4. The Bertz CT molecular complexity index is 593. The molecular formula is C15H18N2O6S. The first-order valence-corrected chi connectivity index (χ1v) is 8.25. The maximum atomic E-state index is 12.3. The van der Waals surface area contributed by atoms with Crippen LogP contribution in [0.25, 0.3) is 0 Å². The summed E-state index contributed by atoms with van der Waals surface area (Å²) in [6.07, 6.45) is 2.69. The molecule has 0 bridgehead atoms. The smallest absolute Gasteiger partial charge is 0.333 e. The molecule has 1 atom stereocenters. The van der Waals surface area contributed by atoms with Gasteiger partial charge in [-0.25, -0.2) is 4.79 Å². The van der Waals surface area contributed by atoms with Crippen molar-refractivity contribution in [2.75, 3.05) is 11.5 Å². The van der Waals surface area contributed by atoms with Crippen molar-refractivity contribution in [3.63, 3.8) is 0 Å². The lowest BCUT2D eigenvalue weighted by atomic mass is 9.97. The number of hydrogen-bond donors (Lipinski definition) is 2. The number of amides is 1. The van der Waals surface area contributed by atoms with Gasteiger partial charge in [0.25, 0.3) is 0 Å². The summed E-state index contributed by atoms with van der Waals surface area (Å²) < 4.78 is 0. The molecule has 1 rings (SSSR count). The number of aromatic nitrogens is 1. The van der Waals surface area contributed by atoms with Crippen LogP contribution in [0.4, 0.5) is 0 Å². The minimum absolute atomic E-state index is 0.0359. The molecule has 1 heterocycles. The van der Waals surface area contributed by atoms with Crippen LogP contribution in [0.1, 0.15) is 30.1 Å². The van der Waals surface area contributed by atoms with Gasteiger partial charge in [-0.05, 0) is 12.1 Å². The monoisotopic (exact) mass is 354 g/mol. The number of Topliss-reactive ketones (excluding diaryl/α,β-unsaturated/α-hetero) is 1. The van der Waals surface area contributed by atoms with Crippen LogP contribution in [0.2, 0.25) is 0 Å². The second kappa shape index (κ2) is 10.4. The maximum absolute atomic E-state index is 12.3. The van der Waals surface area contributed by atoms with Gasteiger partial charge in [0.15, 0.2) is 5.78 Å². The Hall–Kier alpha value is -2.42. The molecule has 0 saturated carbocycles. The highest BCUT2D eigenvalue weighted by atomic mass is 32.2. The van der Waals surface area contributed by atoms with Gasteiger partial charge in [-0.15, -0.1) is 0 Å². The van der Waals surface area contributed by atoms with E-state index in [1.54, 1.807) is 0 Å². The van der Waals surface area contributed by atoms with Gasteiger partial charge in [0.1, 0.15) is 0 Å². The predicted octanol–water partition coefficient (Wildman–Crippen LogP) is 1.07. The fraction of sp³-hybridized carbons (Fsp3) is 0.400. The van der Waals surface area contributed by atoms with Gasteiger partial charge in [0.05, 0.1) is 12.8 Å². The Balaban J connectivity index is 2.46. The van der Waals surface area contributed by atoms with Crippen molar-refractivity contribution in [1.82, 2.24) is 10.5 Å². The van der Waals surface area contributed by atoms with Gasteiger partial charge >= 0.3 is 11.9 Å². The molecule has 2 N–H and O–H groups in total. The quantitative estimate of drug-likeness (QED) is 0.383. The highest BCUT2D eigenvalue weighted by Gasteiger charge is 2.23. The molecule has 0 radical (unpaired) electrons. The number of nitrogens with zero attached hydrogens (tertiary/aromatic N) is 1. The van der Waals surface area contributed by atoms with E-state index < -0.39 is 23.8 Å². The van der Waals surface area contributed by atoms with Gasteiger partial charge in [0, 0.05) is 42.3 Å². The van der Waals surface area contributed by atoms with Crippen LogP contribution in [-0.2, 0) is 19.2 Å². The molecule has 1 aromatic heterocycles. The zero-order valence-electron chi connectivity index (χ0n) is 13.1. The van der Waals surface area contributed by atoms with Crippen molar-refractivity contribution in [3.05, 3.63) is 30.1 Å². The van der Waals surface area contributed by atoms with E-state index in [0.717, 1.165) is 0 Å². The SMILES string of the molecule is CC(=O)NOC(=O)CCSC[C@H](CC(=O)O)C(=O)c1ccncc1. The van der Waals surface area contributed by atoms with Crippen LogP contribution in [0.15, 0.2) is 24.5 Å². The van der Waals surface area contributed by atoms with Gasteiger partial charge in [-0.2, -0.15) is 17.2 Å². The van der Waals surface area contributed by atoms with Crippen LogP contribution >= 0.6 is 11.8 Å². The molecule has 0 saturated heterocycles. The number of hydroxylamine groups is 1. The van der Waals surface area contributed by atoms with Gasteiger partial charge in [0.2, 0.25) is 5.91 Å². The minimum atomic E-state index is -1.06. The third-order valence-electron chi connectivity index (χ3n) is 2.83. The number of aliphatic carboxylic acids is 1. The molecule has 1 amide bonds. The minimum Gasteiger partial charge on any atom is -0.481 e. The Labute approximate surface area is 142 Å². The average molecular weight is 354 g/mol. The van der Waals surface area contributed by atoms with E-state index in [1.807, 2.05) is 5.48 Å². The summed E-state index contributed by atoms with van der Waals surface area (Å²) in [5, 5.41) is 8.96. The third-order valence-corrected chi connectivity index (χ3v) is 3.97. The van der Waals surface area contributed by atoms with Crippen molar-refractivity contribution in [3.8, 4) is 0 Å². The van der Waals surface area contributed by atoms with Gasteiger partial charge in [-0.3, -0.25) is 19.4 Å². The number of hydrogen-bond acceptors (Lipinski definition) is 7. The molecule has 9 heteroatoms. The maximum Gasteiger partial charge on any atom is 0.333 e. The fourth-order valence-electron chi connectivity index (χ4n) is 1.75. The molecule has 0 fully saturated rings. The molecule has 24 heavy (non-hydrogen) atoms. The van der Waals surface area contributed by atoms with Crippen LogP contribution < -0.4 is 5.48 Å². The Morgan fingerprint density at radius 2 is 1.96 bits per heavy atom. The summed E-state index contributed by atoms with van der Waals surface area (Å²) in [6, 6.07) is 3.07. The van der Waals surface area contributed by atoms with Crippen molar-refractivity contribution >= 4 is 35.4 Å². The number of rotatable bonds is 9. The van der Waals surface area contributed by atoms with Gasteiger partial charge < -0.3 is 9.94 Å². The highest BCUT2D eigenvalue weighted by molar-refractivity contribution is 7.99. The molecule has 0 aromatic carbocycles. The number of pyridine rings is 1. The highest BCUT2D eigenvalue weighted by Crippen LogP contribution is 2.18. The first-order chi connectivity index (χ1) is 11.4. The second-order valence-corrected chi connectivity index (χ2v) is 6.00. The van der Waals surface area contributed by atoms with E-state index in [0.29, 0.717) is 11.3 Å². The van der Waals surface area contributed by atoms with Crippen LogP contribution in [-0.4, -0.2) is 45.2 Å². The molecule has 8 nitrogen and oxygen atoms in total. The fourth-order valence-corrected chi connectivity index (χ4v) is 2.78. The average Bonchev–Trinajstić information content (AvgIpc) is 2.55. The predicted molar refractivity (Wildman–Crippen MR) is 86.2 cm³/mol. The summed E-state index contributed by atoms with van der Waals surface area (Å²) in [6.45, 7) is 1.21. The summed E-state index contributed by atoms with van der Waals surface area (Å²) in [5.41, 5.74) is 2.33. The lowest BCUT2D eigenvalue weighted by molar-refractivity contribution is -0.157. The van der Waals surface area contributed by atoms with Crippen LogP contribution in [0.3, 0.4) is 0 Å². The lowest BCUT2D eigenvalue weighted by Gasteiger charge is -2.13. The van der Waals surface area contributed by atoms with Crippen LogP contribution in [0.5, 0.6) is 0 Å². The van der Waals surface area contributed by atoms with Gasteiger partial charge in [-0.1, -0.05) is 0 Å². The number of carbonyl (C=O) groups excluding carboxylic acids is 3. The molecule has 0 aliphatic rings. The molecule has 0 aliphatic carbocycles. The second-order valence-electron chi connectivity index (χ2n) is 4.85. The van der Waals surface area contributed by atoms with E-state index in [2.05, 4.69) is 9.82 Å². The standard InChI is InChI=1S/C15H18N2O6S/c1-10(18)17-23-14(21)4-7-24-9-12(8-13(19)20)15(22)11-2-5-16-6-3-11/h2-3,5-6,12H,4,7-9H2,1H3,(H,17,18)(H,19,20)/t12-/m0/s1. The third kappa shape index (κ3) is 7.73. The number of ketones is 1. The molecule has 1 aromatic rings. The lowest BCUT2D eigenvalue weighted by Crippen LogP contribution is -2.25. The van der Waals surface area contributed by atoms with E-state index in [1.165, 1.54) is 43.2 Å². The van der Waals surface area contributed by atoms with Crippen molar-refractivity contribution in [2.45, 2.75) is 19.8 Å². The number of carboxylic acid groups (broad SMARTS) is 1. The Morgan fingerprint density at radius 1 is 1.29 bits per heavy atom. The first kappa shape index (κ1) is 19.6. The van der Waals surface area contributed by atoms with Crippen molar-refractivity contribution in [2.24, 2.45) is 5.92 Å². The number of thioether (sulfide) groups is 1. The topological polar surface area (TPSA) is 123 Å². The summed E-state index contributed by atoms with van der Waals surface area (Å²) >= 11 is 1.28. The van der Waals surface area contributed by atoms with Crippen LogP contribution in [0, 0.1) is 5.92 Å². The Kier molecular flexibility index (Phi) is 8.48. The summed E-state index contributed by atoms with van der Waals surface area (Å²) in [5.74, 6) is -2.50. The van der Waals surface area contributed by atoms with E-state index >= 15 is 0 Å². The van der Waals surface area contributed by atoms with E-state index in [-0.39, 0.29) is 24.4 Å². The zero-order chi connectivity index (χ0) is 17.9. The number of carbonyl (C=O) groups is 4. The van der Waals surface area contributed by atoms with Crippen molar-refractivity contribution in [1.29, 1.82) is 0 Å². The number of nitrogens with one attached hydrogen (secondary N) is 1. The number of carboxylic acids is 1. The van der Waals surface area contributed by atoms with E-state index in [9.17, 15) is 19.2 Å². The molecule has 0 spiro atoms. The summed E-state index contributed by atoms with van der Waals surface area (Å²) in [4.78, 5) is 53.5. The molecule has 130 valence electrons. The molecular weight excluding hydrogens is 336 g/mol. The zero-order valence-corrected chi connectivity index (χ0v) is 13.9. The van der Waals surface area contributed by atoms with E-state index in [4.69, 9.17) is 5.11 Å². The largest absolute Gasteiger partial charge is 0.481 e. The first-order valence-electron chi connectivity index (χ1n) is 7.10. The molecule has 0 unspecified atom stereocenters.